The predicted octanol–water partition coefficient (Wildman–Crippen LogP) is 3.24. The van der Waals surface area contributed by atoms with Crippen molar-refractivity contribution in [2.24, 2.45) is 12.2 Å². The number of hydrogen-bond acceptors (Lipinski definition) is 6. The van der Waals surface area contributed by atoms with Gasteiger partial charge in [-0.1, -0.05) is 17.3 Å². The Morgan fingerprint density at radius 2 is 1.94 bits per heavy atom. The van der Waals surface area contributed by atoms with E-state index >= 15 is 0 Å². The quantitative estimate of drug-likeness (QED) is 0.439. The first kappa shape index (κ1) is 22.1. The van der Waals surface area contributed by atoms with Gasteiger partial charge in [-0.25, -0.2) is 4.79 Å². The van der Waals surface area contributed by atoms with E-state index in [1.807, 2.05) is 0 Å². The van der Waals surface area contributed by atoms with Gasteiger partial charge in [0.1, 0.15) is 19.5 Å². The fourth-order valence-corrected chi connectivity index (χ4v) is 2.98. The summed E-state index contributed by atoms with van der Waals surface area (Å²) < 4.78 is 48.7. The number of benzene rings is 2. The van der Waals surface area contributed by atoms with Crippen molar-refractivity contribution in [2.75, 3.05) is 7.11 Å². The van der Waals surface area contributed by atoms with Crippen molar-refractivity contribution >= 4 is 5.71 Å². The third-order valence-corrected chi connectivity index (χ3v) is 4.64. The molecule has 0 saturated carbocycles. The summed E-state index contributed by atoms with van der Waals surface area (Å²) in [4.78, 5) is 16.9. The summed E-state index contributed by atoms with van der Waals surface area (Å²) in [5, 5.41) is 11.1. The van der Waals surface area contributed by atoms with E-state index in [9.17, 15) is 18.0 Å². The van der Waals surface area contributed by atoms with Crippen LogP contribution >= 0.6 is 0 Å². The minimum atomic E-state index is -4.64. The molecule has 0 spiro atoms. The summed E-state index contributed by atoms with van der Waals surface area (Å²) in [6, 6.07) is 8.76. The Morgan fingerprint density at radius 1 is 1.19 bits per heavy atom. The molecule has 0 aliphatic rings. The van der Waals surface area contributed by atoms with Crippen LogP contribution in [0.5, 0.6) is 5.75 Å². The number of aromatic nitrogens is 4. The van der Waals surface area contributed by atoms with E-state index in [1.165, 1.54) is 33.2 Å². The smallest absolute Gasteiger partial charge is 0.419 e. The lowest BCUT2D eigenvalue weighted by molar-refractivity contribution is -0.139. The number of tetrazole rings is 1. The summed E-state index contributed by atoms with van der Waals surface area (Å²) in [6.07, 6.45) is -4.64. The highest BCUT2D eigenvalue weighted by molar-refractivity contribution is 5.98. The van der Waals surface area contributed by atoms with Crippen molar-refractivity contribution in [3.8, 4) is 11.4 Å². The Morgan fingerprint density at radius 3 is 2.55 bits per heavy atom. The molecule has 0 fully saturated rings. The summed E-state index contributed by atoms with van der Waals surface area (Å²) in [5.74, 6) is -0.345. The van der Waals surface area contributed by atoms with Crippen LogP contribution in [0.4, 0.5) is 13.2 Å². The Hall–Kier alpha value is -3.63. The van der Waals surface area contributed by atoms with Gasteiger partial charge in [0.15, 0.2) is 0 Å². The van der Waals surface area contributed by atoms with Gasteiger partial charge in [0.25, 0.3) is 0 Å². The highest BCUT2D eigenvalue weighted by Gasteiger charge is 2.35. The second kappa shape index (κ2) is 8.62. The van der Waals surface area contributed by atoms with Crippen LogP contribution in [-0.2, 0) is 24.7 Å². The van der Waals surface area contributed by atoms with Gasteiger partial charge < -0.3 is 9.57 Å². The first-order valence-electron chi connectivity index (χ1n) is 9.13. The average Bonchev–Trinajstić information content (AvgIpc) is 3.04. The highest BCUT2D eigenvalue weighted by atomic mass is 19.4. The molecule has 8 nitrogen and oxygen atoms in total. The SMILES string of the molecule is CO/N=C(\C)c1ccc(OCc2c(C)cccc2-n2nnn(C)c2=O)c(C(F)(F)F)c1. The van der Waals surface area contributed by atoms with Crippen molar-refractivity contribution < 1.29 is 22.7 Å². The first-order valence-corrected chi connectivity index (χ1v) is 9.13. The second-order valence-electron chi connectivity index (χ2n) is 6.73. The van der Waals surface area contributed by atoms with E-state index < -0.39 is 17.4 Å². The normalized spacial score (nSPS) is 12.2. The molecule has 31 heavy (non-hydrogen) atoms. The molecule has 11 heteroatoms. The zero-order valence-corrected chi connectivity index (χ0v) is 17.3. The Bertz CT molecular complexity index is 1180. The van der Waals surface area contributed by atoms with Crippen LogP contribution in [0.2, 0.25) is 0 Å². The van der Waals surface area contributed by atoms with Crippen molar-refractivity contribution in [2.45, 2.75) is 26.6 Å². The van der Waals surface area contributed by atoms with Crippen LogP contribution in [0.25, 0.3) is 5.69 Å². The zero-order chi connectivity index (χ0) is 22.8. The lowest BCUT2D eigenvalue weighted by atomic mass is 10.1. The topological polar surface area (TPSA) is 83.5 Å². The Kier molecular flexibility index (Phi) is 6.14. The molecule has 164 valence electrons. The van der Waals surface area contributed by atoms with Crippen LogP contribution in [0.3, 0.4) is 0 Å². The molecule has 1 heterocycles. The molecule has 0 unspecified atom stereocenters. The third-order valence-electron chi connectivity index (χ3n) is 4.64. The van der Waals surface area contributed by atoms with Crippen LogP contribution < -0.4 is 10.4 Å². The number of aryl methyl sites for hydroxylation is 2. The molecule has 0 radical (unpaired) electrons. The van der Waals surface area contributed by atoms with Crippen LogP contribution in [0.1, 0.15) is 29.2 Å². The van der Waals surface area contributed by atoms with Gasteiger partial charge in [-0.2, -0.15) is 22.5 Å². The molecule has 0 saturated heterocycles. The zero-order valence-electron chi connectivity index (χ0n) is 17.3. The minimum absolute atomic E-state index is 0.210. The maximum absolute atomic E-state index is 13.7. The van der Waals surface area contributed by atoms with E-state index in [-0.39, 0.29) is 17.9 Å². The van der Waals surface area contributed by atoms with Gasteiger partial charge in [-0.3, -0.25) is 0 Å². The van der Waals surface area contributed by atoms with Gasteiger partial charge in [0.05, 0.1) is 17.0 Å². The van der Waals surface area contributed by atoms with Crippen LogP contribution in [0.15, 0.2) is 46.3 Å². The molecule has 0 N–H and O–H groups in total. The molecular formula is C20H20F3N5O3. The maximum atomic E-state index is 13.7. The molecular weight excluding hydrogens is 415 g/mol. The van der Waals surface area contributed by atoms with E-state index in [0.29, 0.717) is 17.0 Å². The Labute approximate surface area is 175 Å². The molecule has 1 aromatic heterocycles. The number of oxime groups is 1. The number of nitrogens with zero attached hydrogens (tertiary/aromatic N) is 5. The average molecular weight is 435 g/mol. The molecule has 0 aliphatic carbocycles. The first-order chi connectivity index (χ1) is 14.6. The Balaban J connectivity index is 1.99. The van der Waals surface area contributed by atoms with Crippen LogP contribution in [-0.4, -0.2) is 32.6 Å². The van der Waals surface area contributed by atoms with Crippen LogP contribution in [0, 0.1) is 6.92 Å². The van der Waals surface area contributed by atoms with E-state index in [2.05, 4.69) is 20.4 Å². The van der Waals surface area contributed by atoms with Gasteiger partial charge >= 0.3 is 11.9 Å². The fraction of sp³-hybridized carbons (Fsp3) is 0.300. The van der Waals surface area contributed by atoms with Gasteiger partial charge in [0, 0.05) is 12.6 Å². The lowest BCUT2D eigenvalue weighted by Crippen LogP contribution is -2.23. The number of rotatable bonds is 6. The standard InChI is InChI=1S/C20H20F3N5O3/c1-12-6-5-7-17(28-19(29)27(3)25-26-28)15(12)11-31-18-9-8-14(13(2)24-30-4)10-16(18)20(21,22)23/h5-10H,11H2,1-4H3/b24-13+. The molecule has 0 atom stereocenters. The number of ether oxygens (including phenoxy) is 1. The van der Waals surface area contributed by atoms with E-state index in [1.54, 1.807) is 25.1 Å². The number of hydrogen-bond donors (Lipinski definition) is 0. The molecule has 0 bridgehead atoms. The summed E-state index contributed by atoms with van der Waals surface area (Å²) in [5.41, 5.74) is 0.739. The number of halogens is 3. The highest BCUT2D eigenvalue weighted by Crippen LogP contribution is 2.37. The maximum Gasteiger partial charge on any atom is 0.419 e. The third kappa shape index (κ3) is 4.60. The summed E-state index contributed by atoms with van der Waals surface area (Å²) in [6.45, 7) is 3.10. The molecule has 0 amide bonds. The van der Waals surface area contributed by atoms with E-state index in [0.717, 1.165) is 21.0 Å². The van der Waals surface area contributed by atoms with Gasteiger partial charge in [0.2, 0.25) is 0 Å². The van der Waals surface area contributed by atoms with E-state index in [4.69, 9.17) is 4.74 Å². The summed E-state index contributed by atoms with van der Waals surface area (Å²) in [7, 11) is 2.76. The van der Waals surface area contributed by atoms with Crippen molar-refractivity contribution in [3.63, 3.8) is 0 Å². The second-order valence-corrected chi connectivity index (χ2v) is 6.73. The largest absolute Gasteiger partial charge is 0.488 e. The molecule has 3 aromatic rings. The summed E-state index contributed by atoms with van der Waals surface area (Å²) >= 11 is 0. The van der Waals surface area contributed by atoms with Crippen molar-refractivity contribution in [1.82, 2.24) is 19.8 Å². The predicted molar refractivity (Wildman–Crippen MR) is 106 cm³/mol. The lowest BCUT2D eigenvalue weighted by Gasteiger charge is -2.17. The minimum Gasteiger partial charge on any atom is -0.488 e. The van der Waals surface area contributed by atoms with Gasteiger partial charge in [-0.05, 0) is 59.7 Å². The fourth-order valence-electron chi connectivity index (χ4n) is 2.98. The van der Waals surface area contributed by atoms with Crippen molar-refractivity contribution in [1.29, 1.82) is 0 Å². The van der Waals surface area contributed by atoms with Crippen molar-refractivity contribution in [3.05, 3.63) is 69.1 Å². The number of alkyl halides is 3. The monoisotopic (exact) mass is 435 g/mol. The molecule has 2 aromatic carbocycles. The molecule has 3 rings (SSSR count). The van der Waals surface area contributed by atoms with Gasteiger partial charge in [-0.15, -0.1) is 0 Å². The molecule has 0 aliphatic heterocycles.